The lowest BCUT2D eigenvalue weighted by atomic mass is 9.81. The first-order valence-corrected chi connectivity index (χ1v) is 10.2. The van der Waals surface area contributed by atoms with E-state index in [1.54, 1.807) is 24.3 Å². The summed E-state index contributed by atoms with van der Waals surface area (Å²) in [5.41, 5.74) is 15.0. The molecule has 7 heteroatoms. The Balaban J connectivity index is 1.64. The molecule has 1 atom stereocenters. The molecule has 1 aliphatic carbocycles. The van der Waals surface area contributed by atoms with Crippen LogP contribution in [0.1, 0.15) is 47.7 Å². The van der Waals surface area contributed by atoms with Crippen LogP contribution in [-0.4, -0.2) is 24.4 Å². The summed E-state index contributed by atoms with van der Waals surface area (Å²) in [5, 5.41) is 2.89. The van der Waals surface area contributed by atoms with Crippen molar-refractivity contribution in [1.29, 1.82) is 0 Å². The molecule has 30 heavy (non-hydrogen) atoms. The van der Waals surface area contributed by atoms with E-state index in [1.807, 2.05) is 25.1 Å². The Bertz CT molecular complexity index is 934. The lowest BCUT2D eigenvalue weighted by Crippen LogP contribution is -2.21. The fourth-order valence-electron chi connectivity index (χ4n) is 3.63. The Morgan fingerprint density at radius 1 is 1.13 bits per heavy atom. The Morgan fingerprint density at radius 3 is 2.60 bits per heavy atom. The molecule has 0 bridgehead atoms. The van der Waals surface area contributed by atoms with Crippen molar-refractivity contribution in [3.63, 3.8) is 0 Å². The number of ether oxygens (including phenoxy) is 1. The zero-order valence-electron chi connectivity index (χ0n) is 17.2. The number of nitrogens with two attached hydrogens (primary N) is 2. The first-order valence-electron chi connectivity index (χ1n) is 10.2. The first-order chi connectivity index (χ1) is 14.4. The highest BCUT2D eigenvalue weighted by atomic mass is 16.5. The third kappa shape index (κ3) is 5.83. The zero-order chi connectivity index (χ0) is 21.5. The number of aryl methyl sites for hydroxylation is 1. The van der Waals surface area contributed by atoms with E-state index in [0.29, 0.717) is 30.0 Å². The molecule has 1 unspecified atom stereocenters. The van der Waals surface area contributed by atoms with E-state index < -0.39 is 0 Å². The van der Waals surface area contributed by atoms with Crippen molar-refractivity contribution in [3.8, 4) is 0 Å². The van der Waals surface area contributed by atoms with E-state index >= 15 is 0 Å². The fraction of sp³-hybridized carbons (Fsp3) is 0.348. The third-order valence-electron chi connectivity index (χ3n) is 5.10. The maximum absolute atomic E-state index is 12.7. The molecular weight excluding hydrogens is 380 g/mol. The number of benzene rings is 2. The summed E-state index contributed by atoms with van der Waals surface area (Å²) in [6, 6.07) is 12.7. The van der Waals surface area contributed by atoms with Gasteiger partial charge in [0.2, 0.25) is 0 Å². The van der Waals surface area contributed by atoms with Gasteiger partial charge in [0.05, 0.1) is 12.3 Å². The quantitative estimate of drug-likeness (QED) is 0.369. The Kier molecular flexibility index (Phi) is 7.06. The summed E-state index contributed by atoms with van der Waals surface area (Å²) in [4.78, 5) is 28.6. The number of rotatable bonds is 7. The first kappa shape index (κ1) is 21.4. The number of carbonyl (C=O) groups is 2. The van der Waals surface area contributed by atoms with E-state index in [0.717, 1.165) is 31.2 Å². The summed E-state index contributed by atoms with van der Waals surface area (Å²) in [6.45, 7) is 2.45. The molecule has 1 amide bonds. The number of fused-ring (bicyclic) bond motifs is 1. The highest BCUT2D eigenvalue weighted by molar-refractivity contribution is 6.04. The highest BCUT2D eigenvalue weighted by Crippen LogP contribution is 2.29. The SMILES string of the molecule is CCCOC(=O)CC1CCc2ccc(C(=O)Nc3ccc(N=C(N)N)cc3)cc2C1. The average molecular weight is 409 g/mol. The predicted molar refractivity (Wildman–Crippen MR) is 118 cm³/mol. The minimum atomic E-state index is -0.183. The topological polar surface area (TPSA) is 120 Å². The molecule has 2 aromatic rings. The molecule has 0 saturated heterocycles. The number of hydrogen-bond donors (Lipinski definition) is 3. The maximum atomic E-state index is 12.7. The molecule has 1 aliphatic rings. The van der Waals surface area contributed by atoms with Crippen LogP contribution < -0.4 is 16.8 Å². The Morgan fingerprint density at radius 2 is 1.90 bits per heavy atom. The van der Waals surface area contributed by atoms with E-state index in [4.69, 9.17) is 16.2 Å². The van der Waals surface area contributed by atoms with Crippen LogP contribution in [0.4, 0.5) is 11.4 Å². The van der Waals surface area contributed by atoms with Gasteiger partial charge in [-0.05, 0) is 79.1 Å². The van der Waals surface area contributed by atoms with Gasteiger partial charge in [0, 0.05) is 17.7 Å². The minimum absolute atomic E-state index is 0.0159. The van der Waals surface area contributed by atoms with Crippen LogP contribution in [0.15, 0.2) is 47.5 Å². The van der Waals surface area contributed by atoms with Crippen molar-refractivity contribution in [2.24, 2.45) is 22.4 Å². The average Bonchev–Trinajstić information content (AvgIpc) is 2.72. The fourth-order valence-corrected chi connectivity index (χ4v) is 3.63. The van der Waals surface area contributed by atoms with Gasteiger partial charge in [-0.25, -0.2) is 4.99 Å². The second-order valence-corrected chi connectivity index (χ2v) is 7.55. The van der Waals surface area contributed by atoms with E-state index in [9.17, 15) is 9.59 Å². The van der Waals surface area contributed by atoms with Crippen molar-refractivity contribution in [2.75, 3.05) is 11.9 Å². The van der Waals surface area contributed by atoms with Crippen LogP contribution in [0.5, 0.6) is 0 Å². The molecule has 2 aromatic carbocycles. The molecule has 0 aromatic heterocycles. The molecule has 0 saturated carbocycles. The largest absolute Gasteiger partial charge is 0.466 e. The second kappa shape index (κ2) is 9.91. The van der Waals surface area contributed by atoms with Gasteiger partial charge in [-0.15, -0.1) is 0 Å². The maximum Gasteiger partial charge on any atom is 0.306 e. The number of nitrogens with one attached hydrogen (secondary N) is 1. The Hall–Kier alpha value is -3.35. The smallest absolute Gasteiger partial charge is 0.306 e. The summed E-state index contributed by atoms with van der Waals surface area (Å²) in [7, 11) is 0. The van der Waals surface area contributed by atoms with Gasteiger partial charge < -0.3 is 21.5 Å². The number of aliphatic imine (C=N–C) groups is 1. The van der Waals surface area contributed by atoms with Crippen LogP contribution in [0, 0.1) is 5.92 Å². The normalized spacial score (nSPS) is 15.0. The summed E-state index contributed by atoms with van der Waals surface area (Å²) >= 11 is 0. The van der Waals surface area contributed by atoms with E-state index in [1.165, 1.54) is 5.56 Å². The van der Waals surface area contributed by atoms with Gasteiger partial charge in [-0.2, -0.15) is 0 Å². The van der Waals surface area contributed by atoms with E-state index in [-0.39, 0.29) is 23.8 Å². The van der Waals surface area contributed by atoms with E-state index in [2.05, 4.69) is 10.3 Å². The van der Waals surface area contributed by atoms with Crippen molar-refractivity contribution in [2.45, 2.75) is 39.0 Å². The van der Waals surface area contributed by atoms with Crippen LogP contribution in [0.3, 0.4) is 0 Å². The summed E-state index contributed by atoms with van der Waals surface area (Å²) < 4.78 is 5.21. The standard InChI is InChI=1S/C23H28N4O3/c1-2-11-30-21(28)13-15-3-4-16-5-6-17(14-18(16)12-15)22(29)26-19-7-9-20(10-8-19)27-23(24)25/h5-10,14-15H,2-4,11-13H2,1H3,(H,26,29)(H4,24,25,27). The number of guanidine groups is 1. The molecular formula is C23H28N4O3. The van der Waals surface area contributed by atoms with Gasteiger partial charge in [0.1, 0.15) is 0 Å². The van der Waals surface area contributed by atoms with Crippen molar-refractivity contribution in [1.82, 2.24) is 0 Å². The molecule has 0 spiro atoms. The van der Waals surface area contributed by atoms with Crippen LogP contribution in [-0.2, 0) is 22.4 Å². The van der Waals surface area contributed by atoms with Crippen molar-refractivity contribution < 1.29 is 14.3 Å². The molecule has 5 N–H and O–H groups in total. The van der Waals surface area contributed by atoms with Crippen LogP contribution in [0.2, 0.25) is 0 Å². The predicted octanol–water partition coefficient (Wildman–Crippen LogP) is 3.29. The van der Waals surface area contributed by atoms with Crippen molar-refractivity contribution >= 4 is 29.2 Å². The van der Waals surface area contributed by atoms with Crippen LogP contribution in [0.25, 0.3) is 0 Å². The van der Waals surface area contributed by atoms with Gasteiger partial charge >= 0.3 is 5.97 Å². The van der Waals surface area contributed by atoms with Gasteiger partial charge in [-0.3, -0.25) is 9.59 Å². The molecule has 0 aliphatic heterocycles. The third-order valence-corrected chi connectivity index (χ3v) is 5.10. The molecule has 0 heterocycles. The molecule has 3 rings (SSSR count). The number of nitrogens with zero attached hydrogens (tertiary/aromatic N) is 1. The zero-order valence-corrected chi connectivity index (χ0v) is 17.2. The lowest BCUT2D eigenvalue weighted by molar-refractivity contribution is -0.144. The molecule has 0 radical (unpaired) electrons. The van der Waals surface area contributed by atoms with Gasteiger partial charge in [0.25, 0.3) is 5.91 Å². The highest BCUT2D eigenvalue weighted by Gasteiger charge is 2.22. The number of esters is 1. The van der Waals surface area contributed by atoms with Crippen LogP contribution >= 0.6 is 0 Å². The van der Waals surface area contributed by atoms with Gasteiger partial charge in [-0.1, -0.05) is 13.0 Å². The monoisotopic (exact) mass is 408 g/mol. The van der Waals surface area contributed by atoms with Gasteiger partial charge in [0.15, 0.2) is 5.96 Å². The Labute approximate surface area is 176 Å². The van der Waals surface area contributed by atoms with Crippen molar-refractivity contribution in [3.05, 3.63) is 59.2 Å². The number of hydrogen-bond acceptors (Lipinski definition) is 4. The molecule has 7 nitrogen and oxygen atoms in total. The summed E-state index contributed by atoms with van der Waals surface area (Å²) in [5.74, 6) is -0.0822. The number of amides is 1. The molecule has 158 valence electrons. The summed E-state index contributed by atoms with van der Waals surface area (Å²) in [6.07, 6.45) is 3.91. The molecule has 0 fully saturated rings. The number of anilines is 1. The second-order valence-electron chi connectivity index (χ2n) is 7.55. The minimum Gasteiger partial charge on any atom is -0.466 e. The number of carbonyl (C=O) groups excluding carboxylic acids is 2. The lowest BCUT2D eigenvalue weighted by Gasteiger charge is -2.24.